The molecule has 12 amide bonds. The largest absolute Gasteiger partial charge is 0.370 e. The van der Waals surface area contributed by atoms with Gasteiger partial charge in [0.2, 0.25) is 70.9 Å². The van der Waals surface area contributed by atoms with E-state index in [0.717, 1.165) is 0 Å². The highest BCUT2D eigenvalue weighted by Gasteiger charge is 2.43. The maximum Gasteiger partial charge on any atom is 0.245 e. The topological polar surface area (TPSA) is 552 Å². The summed E-state index contributed by atoms with van der Waals surface area (Å²) in [6.07, 6.45) is 5.46. The maximum absolute atomic E-state index is 14.8. The van der Waals surface area contributed by atoms with Gasteiger partial charge in [-0.25, -0.2) is 0 Å². The zero-order valence-corrected chi connectivity index (χ0v) is 61.1. The van der Waals surface area contributed by atoms with Crippen LogP contribution in [0.5, 0.6) is 0 Å². The number of amides is 12. The van der Waals surface area contributed by atoms with Crippen molar-refractivity contribution in [1.29, 1.82) is 0 Å². The number of nitrogens with two attached hydrogens (primary N) is 8. The molecule has 2 saturated heterocycles. The highest BCUT2D eigenvalue weighted by atomic mass is 32.1. The van der Waals surface area contributed by atoms with E-state index >= 15 is 0 Å². The summed E-state index contributed by atoms with van der Waals surface area (Å²) < 4.78 is 0. The van der Waals surface area contributed by atoms with E-state index in [9.17, 15) is 57.5 Å². The molecule has 2 aliphatic rings. The molecule has 0 spiro atoms. The van der Waals surface area contributed by atoms with Gasteiger partial charge in [-0.3, -0.25) is 67.5 Å². The average molecular weight is 1440 g/mol. The van der Waals surface area contributed by atoms with Crippen molar-refractivity contribution in [2.75, 3.05) is 50.8 Å². The number of rotatable bonds is 47. The molecule has 564 valence electrons. The summed E-state index contributed by atoms with van der Waals surface area (Å²) in [5.41, 5.74) is 45.7. The molecule has 0 bridgehead atoms. The van der Waals surface area contributed by atoms with Gasteiger partial charge in [0.25, 0.3) is 0 Å². The smallest absolute Gasteiger partial charge is 0.245 e. The minimum atomic E-state index is -1.41. The molecular formula is C64H119N21O12S2. The summed E-state index contributed by atoms with van der Waals surface area (Å²) in [5, 5.41) is 24.7. The lowest BCUT2D eigenvalue weighted by atomic mass is 9.94. The Kier molecular flexibility index (Phi) is 41.0. The number of guanidine groups is 2. The van der Waals surface area contributed by atoms with Crippen LogP contribution in [0.4, 0.5) is 0 Å². The molecule has 0 radical (unpaired) electrons. The molecule has 2 rings (SSSR count). The van der Waals surface area contributed by atoms with Crippen LogP contribution in [0.1, 0.15) is 171 Å². The van der Waals surface area contributed by atoms with Crippen molar-refractivity contribution < 1.29 is 57.5 Å². The summed E-state index contributed by atoms with van der Waals surface area (Å²) in [4.78, 5) is 180. The molecule has 35 heteroatoms. The van der Waals surface area contributed by atoms with Crippen molar-refractivity contribution in [3.05, 3.63) is 0 Å². The molecular weight excluding hydrogens is 1320 g/mol. The molecule has 33 nitrogen and oxygen atoms in total. The summed E-state index contributed by atoms with van der Waals surface area (Å²) in [7, 11) is 0. The van der Waals surface area contributed by atoms with Gasteiger partial charge in [-0.05, 0) is 127 Å². The Balaban J connectivity index is 2.46. The summed E-state index contributed by atoms with van der Waals surface area (Å²) >= 11 is 8.69. The molecule has 2 aliphatic heterocycles. The second-order valence-electron chi connectivity index (χ2n) is 26.0. The predicted octanol–water partition coefficient (Wildman–Crippen LogP) is -3.45. The zero-order valence-electron chi connectivity index (χ0n) is 59.3. The van der Waals surface area contributed by atoms with Crippen LogP contribution < -0.4 is 93.7 Å². The normalized spacial score (nSPS) is 18.6. The Bertz CT molecular complexity index is 2710. The van der Waals surface area contributed by atoms with E-state index in [1.54, 1.807) is 41.5 Å². The van der Waals surface area contributed by atoms with Gasteiger partial charge in [-0.2, -0.15) is 25.3 Å². The Labute approximate surface area is 594 Å². The first-order chi connectivity index (χ1) is 46.9. The van der Waals surface area contributed by atoms with Gasteiger partial charge in [0, 0.05) is 37.7 Å². The molecule has 0 aromatic carbocycles. The number of unbranched alkanes of at least 4 members (excludes halogenated alkanes) is 2. The minimum absolute atomic E-state index is 0.00209. The number of likely N-dealkylation sites (tertiary alicyclic amines) is 2. The van der Waals surface area contributed by atoms with Crippen molar-refractivity contribution in [2.45, 2.75) is 243 Å². The van der Waals surface area contributed by atoms with Crippen LogP contribution >= 0.6 is 25.3 Å². The Morgan fingerprint density at radius 3 is 1.10 bits per heavy atom. The number of carbonyl (C=O) groups excluding carboxylic acids is 12. The third-order valence-electron chi connectivity index (χ3n) is 18.6. The molecule has 0 aromatic heterocycles. The van der Waals surface area contributed by atoms with Crippen LogP contribution in [-0.4, -0.2) is 216 Å². The lowest BCUT2D eigenvalue weighted by Gasteiger charge is -2.33. The van der Waals surface area contributed by atoms with E-state index in [1.807, 2.05) is 13.8 Å². The SMILES string of the molecule is CC[C@H](C)[C@H](N)C(=O)N[C@@H](CS)C(=O)N[C@@H](CCCN=C(N)N)C(=O)N[C@@H](CCCCN)C(=O)N1CCC[C@H]1C(=O)N[C@H](C(=O)N[C@H](C(=O)N[C@@H](CS)C(=O)N[C@@H](CCCN=C(N)N)C(=O)N[C@@H](CCCCN)C(=O)N1CCC[C@H]1C(=O)N[C@H](C(N)=O)[C@@H](C)CC)[C@@H](C)CC)[C@@H](C)CC. The van der Waals surface area contributed by atoms with Crippen LogP contribution in [-0.2, 0) is 57.5 Å². The lowest BCUT2D eigenvalue weighted by molar-refractivity contribution is -0.143. The number of hydrogen-bond donors (Lipinski definition) is 19. The van der Waals surface area contributed by atoms with Crippen molar-refractivity contribution >= 4 is 108 Å². The van der Waals surface area contributed by atoms with E-state index in [4.69, 9.17) is 45.9 Å². The van der Waals surface area contributed by atoms with Crippen LogP contribution in [0.15, 0.2) is 9.98 Å². The van der Waals surface area contributed by atoms with Gasteiger partial charge in [0.1, 0.15) is 66.5 Å². The van der Waals surface area contributed by atoms with Gasteiger partial charge in [-0.15, -0.1) is 0 Å². The first-order valence-electron chi connectivity index (χ1n) is 35.0. The highest BCUT2D eigenvalue weighted by Crippen LogP contribution is 2.24. The van der Waals surface area contributed by atoms with Gasteiger partial charge in [0.05, 0.1) is 6.04 Å². The number of thiol groups is 2. The fraction of sp³-hybridized carbons (Fsp3) is 0.781. The molecule has 2 fully saturated rings. The molecule has 0 saturated carbocycles. The Hall–Kier alpha value is -7.24. The number of carbonyl (C=O) groups is 12. The fourth-order valence-electron chi connectivity index (χ4n) is 11.4. The van der Waals surface area contributed by atoms with Crippen molar-refractivity contribution in [2.24, 2.45) is 79.5 Å². The quantitative estimate of drug-likeness (QED) is 0.0122. The first-order valence-corrected chi connectivity index (χ1v) is 36.3. The molecule has 16 atom stereocenters. The Morgan fingerprint density at radius 1 is 0.414 bits per heavy atom. The van der Waals surface area contributed by atoms with Crippen LogP contribution in [0, 0.1) is 23.7 Å². The summed E-state index contributed by atoms with van der Waals surface area (Å²) in [5.74, 6) is -10.8. The lowest BCUT2D eigenvalue weighted by Crippen LogP contribution is -2.62. The van der Waals surface area contributed by atoms with Gasteiger partial charge in [-0.1, -0.05) is 81.1 Å². The molecule has 25 N–H and O–H groups in total. The third-order valence-corrected chi connectivity index (χ3v) is 19.3. The van der Waals surface area contributed by atoms with E-state index in [-0.39, 0.29) is 126 Å². The zero-order chi connectivity index (χ0) is 74.6. The van der Waals surface area contributed by atoms with Crippen molar-refractivity contribution in [1.82, 2.24) is 57.7 Å². The van der Waals surface area contributed by atoms with Crippen LogP contribution in [0.2, 0.25) is 0 Å². The minimum Gasteiger partial charge on any atom is -0.370 e. The van der Waals surface area contributed by atoms with Crippen molar-refractivity contribution in [3.63, 3.8) is 0 Å². The first kappa shape index (κ1) is 87.8. The number of nitrogens with zero attached hydrogens (tertiary/aromatic N) is 4. The summed E-state index contributed by atoms with van der Waals surface area (Å²) in [6, 6.07) is -14.2. The number of primary amides is 1. The molecule has 0 aromatic rings. The van der Waals surface area contributed by atoms with Gasteiger partial charge < -0.3 is 104 Å². The monoisotopic (exact) mass is 1440 g/mol. The van der Waals surface area contributed by atoms with E-state index in [1.165, 1.54) is 9.80 Å². The standard InChI is InChI=1S/C64H119N21O12S2/c1-9-35(5)47(67)58(93)79-43(33-98)54(89)75-39(23-17-29-73-63(69)70)52(87)78-42(22-14-16-28-66)62(97)85-32-20-26-46(85)57(92)82-50(38(8)12-4)60(95)83-49(37(7)11-3)59(94)80-44(34-99)55(90)76-40(24-18-30-74-64(71)72)53(88)77-41(21-13-15-27-65)61(96)84-31-19-25-45(84)56(91)81-48(51(68)86)36(6)10-2/h35-50,98-99H,9-34,65-67H2,1-8H3,(H2,68,86)(H,75,89)(H,76,90)(H,77,88)(H,78,87)(H,79,93)(H,80,94)(H,81,91)(H,82,92)(H,83,95)(H4,69,70,73)(H4,71,72,74)/t35-,36-,37-,38-,39-,40-,41-,42-,43-,44-,45-,46-,47-,48-,49-,50-/m0/s1. The van der Waals surface area contributed by atoms with E-state index in [0.29, 0.717) is 64.2 Å². The average Bonchev–Trinajstić information content (AvgIpc) is 1.76. The highest BCUT2D eigenvalue weighted by molar-refractivity contribution is 7.80. The molecule has 2 heterocycles. The van der Waals surface area contributed by atoms with Gasteiger partial charge >= 0.3 is 0 Å². The molecule has 0 unspecified atom stereocenters. The third kappa shape index (κ3) is 29.1. The van der Waals surface area contributed by atoms with Gasteiger partial charge in [0.15, 0.2) is 11.9 Å². The van der Waals surface area contributed by atoms with Crippen LogP contribution in [0.3, 0.4) is 0 Å². The van der Waals surface area contributed by atoms with Crippen molar-refractivity contribution in [3.8, 4) is 0 Å². The second kappa shape index (κ2) is 46.2. The number of aliphatic imine (C=N–C) groups is 2. The fourth-order valence-corrected chi connectivity index (χ4v) is 12.0. The number of hydrogen-bond acceptors (Lipinski definition) is 19. The second-order valence-corrected chi connectivity index (χ2v) is 26.7. The number of nitrogens with one attached hydrogen (secondary N) is 9. The predicted molar refractivity (Wildman–Crippen MR) is 385 cm³/mol. The summed E-state index contributed by atoms with van der Waals surface area (Å²) in [6.45, 7) is 15.3. The van der Waals surface area contributed by atoms with E-state index < -0.39 is 155 Å². The Morgan fingerprint density at radius 2 is 0.737 bits per heavy atom. The van der Waals surface area contributed by atoms with Crippen LogP contribution in [0.25, 0.3) is 0 Å². The maximum atomic E-state index is 14.8. The molecule has 99 heavy (non-hydrogen) atoms. The molecule has 0 aliphatic carbocycles. The van der Waals surface area contributed by atoms with E-state index in [2.05, 4.69) is 83.1 Å².